The summed E-state index contributed by atoms with van der Waals surface area (Å²) in [7, 11) is -2.59. The number of hydrogen-bond donors (Lipinski definition) is 1. The van der Waals surface area contributed by atoms with Gasteiger partial charge in [0.2, 0.25) is 0 Å². The van der Waals surface area contributed by atoms with E-state index in [0.29, 0.717) is 22.3 Å². The van der Waals surface area contributed by atoms with Crippen LogP contribution in [0.25, 0.3) is 11.0 Å². The molecule has 0 unspecified atom stereocenters. The molecule has 9 heteroatoms. The van der Waals surface area contributed by atoms with E-state index >= 15 is 0 Å². The minimum atomic E-state index is -4.61. The number of aromatic nitrogens is 3. The number of alkyl halides is 3. The van der Waals surface area contributed by atoms with Gasteiger partial charge < -0.3 is 9.41 Å². The Balaban J connectivity index is 2.00. The largest absolute Gasteiger partial charge is 0.416 e. The summed E-state index contributed by atoms with van der Waals surface area (Å²) in [5, 5.41) is 0. The Morgan fingerprint density at radius 3 is 2.50 bits per heavy atom. The third-order valence-electron chi connectivity index (χ3n) is 4.95. The summed E-state index contributed by atoms with van der Waals surface area (Å²) >= 11 is 0. The molecule has 1 atom stereocenters. The Hall–Kier alpha value is -2.26. The number of halogens is 4. The predicted octanol–water partition coefficient (Wildman–Crippen LogP) is 5.73. The smallest absolute Gasteiger partial charge is 0.403 e. The number of hydrogen-bond acceptors (Lipinski definition) is 3. The highest BCUT2D eigenvalue weighted by molar-refractivity contribution is 6.69. The van der Waals surface area contributed by atoms with Crippen LogP contribution in [0.2, 0.25) is 19.6 Å². The third kappa shape index (κ3) is 5.07. The maximum atomic E-state index is 14.5. The lowest BCUT2D eigenvalue weighted by Gasteiger charge is -2.40. The quantitative estimate of drug-likeness (QED) is 0.378. The molecule has 0 aliphatic heterocycles. The molecule has 2 heterocycles. The van der Waals surface area contributed by atoms with Crippen molar-refractivity contribution >= 4 is 19.4 Å². The molecule has 1 aromatic carbocycles. The molecule has 3 aromatic rings. The number of nitrogens with one attached hydrogen (secondary N) is 1. The standard InChI is InChI=1S/C21H25F4N3OSi/c1-14-5-6-16(22)9-15(14)7-8-20(21(23,24)25,29-30(2,3)4)11-17-10-18-19(28-17)12-26-13-27-18/h5-6,9-10,12-13,28H,7-8,11H2,1-4H3/t20-/m0/s1. The second-order valence-electron chi connectivity index (χ2n) is 8.57. The number of aromatic amines is 1. The Kier molecular flexibility index (Phi) is 6.06. The van der Waals surface area contributed by atoms with Crippen molar-refractivity contribution in [1.29, 1.82) is 0 Å². The van der Waals surface area contributed by atoms with Crippen LogP contribution in [-0.4, -0.2) is 35.0 Å². The van der Waals surface area contributed by atoms with Crippen molar-refractivity contribution in [3.63, 3.8) is 0 Å². The van der Waals surface area contributed by atoms with E-state index in [4.69, 9.17) is 4.43 Å². The van der Waals surface area contributed by atoms with E-state index < -0.39 is 25.9 Å². The van der Waals surface area contributed by atoms with Gasteiger partial charge >= 0.3 is 6.18 Å². The second kappa shape index (κ2) is 8.11. The van der Waals surface area contributed by atoms with Gasteiger partial charge in [0.1, 0.15) is 12.1 Å². The second-order valence-corrected chi connectivity index (χ2v) is 13.0. The summed E-state index contributed by atoms with van der Waals surface area (Å²) < 4.78 is 63.1. The Labute approximate surface area is 173 Å². The van der Waals surface area contributed by atoms with E-state index in [-0.39, 0.29) is 19.3 Å². The molecule has 0 aliphatic carbocycles. The van der Waals surface area contributed by atoms with Crippen LogP contribution in [0.5, 0.6) is 0 Å². The molecule has 162 valence electrons. The van der Waals surface area contributed by atoms with Crippen molar-refractivity contribution in [3.05, 3.63) is 59.4 Å². The molecule has 0 saturated heterocycles. The molecule has 0 spiro atoms. The van der Waals surface area contributed by atoms with E-state index in [1.807, 2.05) is 0 Å². The van der Waals surface area contributed by atoms with Gasteiger partial charge in [-0.1, -0.05) is 6.07 Å². The maximum Gasteiger partial charge on any atom is 0.416 e. The minimum Gasteiger partial charge on any atom is -0.403 e. The number of rotatable bonds is 7. The summed E-state index contributed by atoms with van der Waals surface area (Å²) in [5.41, 5.74) is 0.385. The molecule has 30 heavy (non-hydrogen) atoms. The van der Waals surface area contributed by atoms with Crippen LogP contribution >= 0.6 is 0 Å². The fraction of sp³-hybridized carbons (Fsp3) is 0.429. The first-order valence-electron chi connectivity index (χ1n) is 9.68. The number of aryl methyl sites for hydroxylation is 2. The first-order chi connectivity index (χ1) is 13.9. The monoisotopic (exact) mass is 439 g/mol. The van der Waals surface area contributed by atoms with Gasteiger partial charge in [-0.25, -0.2) is 14.4 Å². The van der Waals surface area contributed by atoms with Crippen LogP contribution in [0.15, 0.2) is 36.8 Å². The number of nitrogens with zero attached hydrogens (tertiary/aromatic N) is 2. The molecular weight excluding hydrogens is 414 g/mol. The van der Waals surface area contributed by atoms with Crippen LogP contribution in [-0.2, 0) is 17.3 Å². The Morgan fingerprint density at radius 1 is 1.13 bits per heavy atom. The topological polar surface area (TPSA) is 50.8 Å². The van der Waals surface area contributed by atoms with Crippen molar-refractivity contribution < 1.29 is 22.0 Å². The molecule has 0 saturated carbocycles. The third-order valence-corrected chi connectivity index (χ3v) is 5.96. The maximum absolute atomic E-state index is 14.5. The van der Waals surface area contributed by atoms with Gasteiger partial charge in [-0.05, 0) is 68.7 Å². The van der Waals surface area contributed by atoms with Gasteiger partial charge in [0.25, 0.3) is 0 Å². The predicted molar refractivity (Wildman–Crippen MR) is 110 cm³/mol. The van der Waals surface area contributed by atoms with Crippen LogP contribution in [0.4, 0.5) is 17.6 Å². The molecule has 0 radical (unpaired) electrons. The fourth-order valence-electron chi connectivity index (χ4n) is 3.63. The summed E-state index contributed by atoms with van der Waals surface area (Å²) in [5.74, 6) is -0.464. The van der Waals surface area contributed by atoms with Gasteiger partial charge in [-0.2, -0.15) is 13.2 Å². The molecule has 4 nitrogen and oxygen atoms in total. The molecule has 0 aliphatic rings. The van der Waals surface area contributed by atoms with Crippen LogP contribution < -0.4 is 0 Å². The van der Waals surface area contributed by atoms with Crippen molar-refractivity contribution in [1.82, 2.24) is 15.0 Å². The normalized spacial score (nSPS) is 14.8. The van der Waals surface area contributed by atoms with E-state index in [9.17, 15) is 17.6 Å². The van der Waals surface area contributed by atoms with E-state index in [1.165, 1.54) is 24.7 Å². The average molecular weight is 440 g/mol. The minimum absolute atomic E-state index is 0.0492. The van der Waals surface area contributed by atoms with Gasteiger partial charge in [0.15, 0.2) is 13.9 Å². The van der Waals surface area contributed by atoms with Gasteiger partial charge in [0, 0.05) is 12.1 Å². The zero-order valence-corrected chi connectivity index (χ0v) is 18.4. The van der Waals surface area contributed by atoms with Crippen molar-refractivity contribution in [2.75, 3.05) is 0 Å². The average Bonchev–Trinajstić information content (AvgIpc) is 3.02. The van der Waals surface area contributed by atoms with E-state index in [2.05, 4.69) is 15.0 Å². The van der Waals surface area contributed by atoms with Crippen LogP contribution in [0, 0.1) is 12.7 Å². The van der Waals surface area contributed by atoms with Gasteiger partial charge in [-0.3, -0.25) is 0 Å². The van der Waals surface area contributed by atoms with Gasteiger partial charge in [-0.15, -0.1) is 0 Å². The molecule has 3 rings (SSSR count). The molecular formula is C21H25F4N3OSi. The number of benzene rings is 1. The Bertz CT molecular complexity index is 996. The molecule has 2 aromatic heterocycles. The summed E-state index contributed by atoms with van der Waals surface area (Å²) in [4.78, 5) is 11.0. The van der Waals surface area contributed by atoms with Crippen molar-refractivity contribution in [3.8, 4) is 0 Å². The van der Waals surface area contributed by atoms with E-state index in [1.54, 1.807) is 38.7 Å². The molecule has 0 bridgehead atoms. The van der Waals surface area contributed by atoms with Crippen molar-refractivity contribution in [2.24, 2.45) is 0 Å². The lowest BCUT2D eigenvalue weighted by atomic mass is 9.88. The number of fused-ring (bicyclic) bond motifs is 1. The highest BCUT2D eigenvalue weighted by Gasteiger charge is 2.57. The van der Waals surface area contributed by atoms with Crippen molar-refractivity contribution in [2.45, 2.75) is 57.6 Å². The lowest BCUT2D eigenvalue weighted by Crippen LogP contribution is -2.55. The zero-order chi connectivity index (χ0) is 22.2. The molecule has 1 N–H and O–H groups in total. The lowest BCUT2D eigenvalue weighted by molar-refractivity contribution is -0.254. The molecule has 0 fully saturated rings. The highest BCUT2D eigenvalue weighted by atomic mass is 28.4. The molecule has 0 amide bonds. The highest BCUT2D eigenvalue weighted by Crippen LogP contribution is 2.42. The SMILES string of the molecule is Cc1ccc(F)cc1CC[C@@](Cc1cc2ncncc2[nH]1)(O[Si](C)(C)C)C(F)(F)F. The fourth-order valence-corrected chi connectivity index (χ4v) is 5.10. The number of H-pyrrole nitrogens is 1. The Morgan fingerprint density at radius 2 is 1.87 bits per heavy atom. The summed E-state index contributed by atoms with van der Waals surface area (Å²) in [6.07, 6.45) is -2.39. The first kappa shape index (κ1) is 22.4. The first-order valence-corrected chi connectivity index (χ1v) is 13.1. The van der Waals surface area contributed by atoms with Gasteiger partial charge in [0.05, 0.1) is 17.2 Å². The zero-order valence-electron chi connectivity index (χ0n) is 17.4. The summed E-state index contributed by atoms with van der Waals surface area (Å²) in [6.45, 7) is 6.96. The summed E-state index contributed by atoms with van der Waals surface area (Å²) in [6, 6.07) is 5.78. The van der Waals surface area contributed by atoms with E-state index in [0.717, 1.165) is 5.56 Å². The van der Waals surface area contributed by atoms with Crippen LogP contribution in [0.3, 0.4) is 0 Å². The van der Waals surface area contributed by atoms with Crippen LogP contribution in [0.1, 0.15) is 23.2 Å².